The van der Waals surface area contributed by atoms with Crippen molar-refractivity contribution >= 4 is 22.8 Å². The number of amides is 2. The van der Waals surface area contributed by atoms with E-state index in [9.17, 15) is 9.59 Å². The Morgan fingerprint density at radius 3 is 2.72 bits per heavy atom. The quantitative estimate of drug-likeness (QED) is 0.755. The highest BCUT2D eigenvalue weighted by Crippen LogP contribution is 2.22. The molecule has 2 amide bonds. The van der Waals surface area contributed by atoms with Gasteiger partial charge in [-0.25, -0.2) is 9.59 Å². The van der Waals surface area contributed by atoms with Crippen molar-refractivity contribution < 1.29 is 4.79 Å². The molecule has 0 radical (unpaired) electrons. The number of rotatable bonds is 2. The van der Waals surface area contributed by atoms with Gasteiger partial charge in [-0.15, -0.1) is 0 Å². The second kappa shape index (κ2) is 4.56. The lowest BCUT2D eigenvalue weighted by Gasteiger charge is -2.08. The standard InChI is InChI=1S/C12H16N4O2/c1-7(2)16-9-6-4-5-8(14-11(17)13-3)10(9)15-12(16)18/h4-7H,1-3H3,(H,15,18)(H2,13,14,17). The maximum absolute atomic E-state index is 11.9. The smallest absolute Gasteiger partial charge is 0.326 e. The average molecular weight is 248 g/mol. The molecule has 1 aromatic carbocycles. The van der Waals surface area contributed by atoms with Crippen LogP contribution in [0, 0.1) is 0 Å². The maximum atomic E-state index is 11.9. The van der Waals surface area contributed by atoms with E-state index in [1.165, 1.54) is 7.05 Å². The van der Waals surface area contributed by atoms with Gasteiger partial charge in [0.1, 0.15) is 0 Å². The van der Waals surface area contributed by atoms with Crippen LogP contribution in [0.5, 0.6) is 0 Å². The molecule has 3 N–H and O–H groups in total. The summed E-state index contributed by atoms with van der Waals surface area (Å²) in [6, 6.07) is 5.14. The number of nitrogens with one attached hydrogen (secondary N) is 3. The third kappa shape index (κ3) is 1.97. The zero-order chi connectivity index (χ0) is 13.3. The van der Waals surface area contributed by atoms with E-state index in [4.69, 9.17) is 0 Å². The predicted octanol–water partition coefficient (Wildman–Crippen LogP) is 1.66. The Balaban J connectivity index is 2.61. The fourth-order valence-electron chi connectivity index (χ4n) is 1.95. The summed E-state index contributed by atoms with van der Waals surface area (Å²) in [6.45, 7) is 3.88. The van der Waals surface area contributed by atoms with E-state index in [2.05, 4.69) is 15.6 Å². The number of fused-ring (bicyclic) bond motifs is 1. The SMILES string of the molecule is CNC(=O)Nc1cccc2c1[nH]c(=O)n2C(C)C. The Hall–Kier alpha value is -2.24. The molecule has 2 rings (SSSR count). The fraction of sp³-hybridized carbons (Fsp3) is 0.333. The van der Waals surface area contributed by atoms with Crippen LogP contribution in [-0.2, 0) is 0 Å². The van der Waals surface area contributed by atoms with Crippen molar-refractivity contribution in [3.63, 3.8) is 0 Å². The molecule has 0 aliphatic carbocycles. The highest BCUT2D eigenvalue weighted by Gasteiger charge is 2.12. The minimum Gasteiger partial charge on any atom is -0.341 e. The van der Waals surface area contributed by atoms with Gasteiger partial charge in [-0.3, -0.25) is 4.57 Å². The number of urea groups is 1. The monoisotopic (exact) mass is 248 g/mol. The van der Waals surface area contributed by atoms with Gasteiger partial charge in [-0.1, -0.05) is 6.07 Å². The molecule has 0 aliphatic rings. The normalized spacial score (nSPS) is 10.9. The number of hydrogen-bond donors (Lipinski definition) is 3. The summed E-state index contributed by atoms with van der Waals surface area (Å²) in [5.41, 5.74) is 1.83. The van der Waals surface area contributed by atoms with Crippen molar-refractivity contribution in [1.29, 1.82) is 0 Å². The van der Waals surface area contributed by atoms with Crippen LogP contribution in [-0.4, -0.2) is 22.6 Å². The first-order valence-electron chi connectivity index (χ1n) is 5.76. The van der Waals surface area contributed by atoms with Crippen LogP contribution in [0.2, 0.25) is 0 Å². The van der Waals surface area contributed by atoms with Crippen LogP contribution in [0.1, 0.15) is 19.9 Å². The summed E-state index contributed by atoms with van der Waals surface area (Å²) in [6.07, 6.45) is 0. The first kappa shape index (κ1) is 12.2. The summed E-state index contributed by atoms with van der Waals surface area (Å²) >= 11 is 0. The van der Waals surface area contributed by atoms with Crippen molar-refractivity contribution in [2.75, 3.05) is 12.4 Å². The van der Waals surface area contributed by atoms with Gasteiger partial charge in [-0.2, -0.15) is 0 Å². The molecule has 0 saturated heterocycles. The fourth-order valence-corrected chi connectivity index (χ4v) is 1.95. The van der Waals surface area contributed by atoms with Gasteiger partial charge in [0.25, 0.3) is 0 Å². The number of hydrogen-bond acceptors (Lipinski definition) is 2. The number of benzene rings is 1. The number of H-pyrrole nitrogens is 1. The zero-order valence-electron chi connectivity index (χ0n) is 10.6. The molecule has 18 heavy (non-hydrogen) atoms. The third-order valence-corrected chi connectivity index (χ3v) is 2.74. The minimum absolute atomic E-state index is 0.0569. The molecule has 0 unspecified atom stereocenters. The van der Waals surface area contributed by atoms with Gasteiger partial charge >= 0.3 is 11.7 Å². The van der Waals surface area contributed by atoms with Gasteiger partial charge in [0, 0.05) is 13.1 Å². The highest BCUT2D eigenvalue weighted by atomic mass is 16.2. The van der Waals surface area contributed by atoms with E-state index in [-0.39, 0.29) is 17.8 Å². The van der Waals surface area contributed by atoms with Crippen LogP contribution < -0.4 is 16.3 Å². The number of carbonyl (C=O) groups excluding carboxylic acids is 1. The topological polar surface area (TPSA) is 78.9 Å². The molecule has 0 saturated carbocycles. The van der Waals surface area contributed by atoms with Crippen LogP contribution in [0.3, 0.4) is 0 Å². The molecular formula is C12H16N4O2. The van der Waals surface area contributed by atoms with Gasteiger partial charge in [-0.05, 0) is 26.0 Å². The first-order chi connectivity index (χ1) is 8.54. The Labute approximate surface area is 104 Å². The second-order valence-electron chi connectivity index (χ2n) is 4.30. The lowest BCUT2D eigenvalue weighted by atomic mass is 10.2. The van der Waals surface area contributed by atoms with Crippen molar-refractivity contribution in [2.24, 2.45) is 0 Å². The minimum atomic E-state index is -0.319. The number of nitrogens with zero attached hydrogens (tertiary/aromatic N) is 1. The van der Waals surface area contributed by atoms with Gasteiger partial charge < -0.3 is 15.6 Å². The lowest BCUT2D eigenvalue weighted by molar-refractivity contribution is 0.254. The molecule has 1 heterocycles. The average Bonchev–Trinajstić information content (AvgIpc) is 2.66. The zero-order valence-corrected chi connectivity index (χ0v) is 10.6. The van der Waals surface area contributed by atoms with Crippen molar-refractivity contribution in [3.8, 4) is 0 Å². The molecule has 1 aromatic heterocycles. The molecule has 6 heteroatoms. The summed E-state index contributed by atoms with van der Waals surface area (Å²) < 4.78 is 1.66. The number of carbonyl (C=O) groups is 1. The van der Waals surface area contributed by atoms with Crippen LogP contribution in [0.15, 0.2) is 23.0 Å². The predicted molar refractivity (Wildman–Crippen MR) is 71.0 cm³/mol. The Morgan fingerprint density at radius 1 is 1.39 bits per heavy atom. The van der Waals surface area contributed by atoms with Crippen molar-refractivity contribution in [2.45, 2.75) is 19.9 Å². The van der Waals surface area contributed by atoms with E-state index in [1.54, 1.807) is 16.7 Å². The lowest BCUT2D eigenvalue weighted by Crippen LogP contribution is -2.24. The highest BCUT2D eigenvalue weighted by molar-refractivity contribution is 5.98. The summed E-state index contributed by atoms with van der Waals surface area (Å²) in [5, 5.41) is 5.15. The Kier molecular flexibility index (Phi) is 3.10. The number of para-hydroxylation sites is 1. The molecule has 0 aliphatic heterocycles. The van der Waals surface area contributed by atoms with Crippen LogP contribution in [0.25, 0.3) is 11.0 Å². The summed E-state index contributed by atoms with van der Waals surface area (Å²) in [5.74, 6) is 0. The molecule has 0 spiro atoms. The third-order valence-electron chi connectivity index (χ3n) is 2.74. The molecular weight excluding hydrogens is 232 g/mol. The Bertz CT molecular complexity index is 639. The second-order valence-corrected chi connectivity index (χ2v) is 4.30. The van der Waals surface area contributed by atoms with E-state index in [0.29, 0.717) is 11.2 Å². The van der Waals surface area contributed by atoms with Crippen molar-refractivity contribution in [3.05, 3.63) is 28.7 Å². The summed E-state index contributed by atoms with van der Waals surface area (Å²) in [7, 11) is 1.54. The van der Waals surface area contributed by atoms with Gasteiger partial charge in [0.15, 0.2) is 0 Å². The maximum Gasteiger partial charge on any atom is 0.326 e. The molecule has 2 aromatic rings. The van der Waals surface area contributed by atoms with Gasteiger partial charge in [0.05, 0.1) is 16.7 Å². The van der Waals surface area contributed by atoms with Gasteiger partial charge in [0.2, 0.25) is 0 Å². The molecule has 0 fully saturated rings. The molecule has 0 bridgehead atoms. The number of imidazole rings is 1. The largest absolute Gasteiger partial charge is 0.341 e. The Morgan fingerprint density at radius 2 is 2.11 bits per heavy atom. The number of anilines is 1. The first-order valence-corrected chi connectivity index (χ1v) is 5.76. The number of aromatic nitrogens is 2. The van der Waals surface area contributed by atoms with Crippen molar-refractivity contribution in [1.82, 2.24) is 14.9 Å². The van der Waals surface area contributed by atoms with E-state index < -0.39 is 0 Å². The molecule has 6 nitrogen and oxygen atoms in total. The van der Waals surface area contributed by atoms with Crippen LogP contribution >= 0.6 is 0 Å². The van der Waals surface area contributed by atoms with Crippen LogP contribution in [0.4, 0.5) is 10.5 Å². The number of aromatic amines is 1. The van der Waals surface area contributed by atoms with E-state index in [0.717, 1.165) is 5.52 Å². The van der Waals surface area contributed by atoms with E-state index >= 15 is 0 Å². The van der Waals surface area contributed by atoms with E-state index in [1.807, 2.05) is 19.9 Å². The molecule has 96 valence electrons. The summed E-state index contributed by atoms with van der Waals surface area (Å²) in [4.78, 5) is 26.0. The molecule has 0 atom stereocenters.